The van der Waals surface area contributed by atoms with E-state index in [0.29, 0.717) is 11.5 Å². The van der Waals surface area contributed by atoms with Crippen LogP contribution < -0.4 is 4.90 Å². The van der Waals surface area contributed by atoms with E-state index in [4.69, 9.17) is 4.74 Å². The number of benzene rings is 3. The van der Waals surface area contributed by atoms with Crippen molar-refractivity contribution in [2.24, 2.45) is 4.99 Å². The van der Waals surface area contributed by atoms with Crippen molar-refractivity contribution in [1.82, 2.24) is 0 Å². The first kappa shape index (κ1) is 21.5. The van der Waals surface area contributed by atoms with Gasteiger partial charge in [0.2, 0.25) is 0 Å². The van der Waals surface area contributed by atoms with Crippen molar-refractivity contribution >= 4 is 45.6 Å². The fourth-order valence-electron chi connectivity index (χ4n) is 3.38. The predicted molar refractivity (Wildman–Crippen MR) is 133 cm³/mol. The number of aryl methyl sites for hydroxylation is 1. The number of carbonyl (C=O) groups excluding carboxylic acids is 1. The molecular formula is C27H24N2O2S. The molecule has 0 saturated heterocycles. The van der Waals surface area contributed by atoms with Gasteiger partial charge in [0.15, 0.2) is 0 Å². The number of aliphatic imine (C=N–C) groups is 1. The van der Waals surface area contributed by atoms with E-state index in [1.165, 1.54) is 11.3 Å². The summed E-state index contributed by atoms with van der Waals surface area (Å²) in [4.78, 5) is 19.4. The second-order valence-electron chi connectivity index (χ2n) is 7.17. The molecule has 32 heavy (non-hydrogen) atoms. The van der Waals surface area contributed by atoms with Crippen LogP contribution in [0.4, 0.5) is 22.1 Å². The highest BCUT2D eigenvalue weighted by molar-refractivity contribution is 7.17. The lowest BCUT2D eigenvalue weighted by Crippen LogP contribution is -2.09. The summed E-state index contributed by atoms with van der Waals surface area (Å²) in [5.74, 6) is -0.289. The molecule has 4 aromatic rings. The smallest absolute Gasteiger partial charge is 0.348 e. The largest absolute Gasteiger partial charge is 0.462 e. The summed E-state index contributed by atoms with van der Waals surface area (Å²) < 4.78 is 5.11. The Morgan fingerprint density at radius 2 is 1.47 bits per heavy atom. The number of nitrogens with zero attached hydrogens (tertiary/aromatic N) is 2. The number of rotatable bonds is 7. The highest BCUT2D eigenvalue weighted by atomic mass is 32.1. The molecule has 5 heteroatoms. The van der Waals surface area contributed by atoms with E-state index >= 15 is 0 Å². The van der Waals surface area contributed by atoms with Crippen molar-refractivity contribution in [2.75, 3.05) is 11.5 Å². The molecule has 0 radical (unpaired) electrons. The van der Waals surface area contributed by atoms with E-state index in [9.17, 15) is 4.79 Å². The van der Waals surface area contributed by atoms with Gasteiger partial charge in [0.05, 0.1) is 6.61 Å². The third kappa shape index (κ3) is 4.95. The molecule has 1 aromatic heterocycles. The lowest BCUT2D eigenvalue weighted by atomic mass is 10.1. The van der Waals surface area contributed by atoms with Crippen molar-refractivity contribution in [3.63, 3.8) is 0 Å². The maximum Gasteiger partial charge on any atom is 0.348 e. The van der Waals surface area contributed by atoms with Gasteiger partial charge < -0.3 is 9.64 Å². The number of para-hydroxylation sites is 2. The van der Waals surface area contributed by atoms with Crippen molar-refractivity contribution in [2.45, 2.75) is 13.8 Å². The summed E-state index contributed by atoms with van der Waals surface area (Å²) in [6, 6.07) is 30.8. The zero-order chi connectivity index (χ0) is 22.3. The Kier molecular flexibility index (Phi) is 6.78. The van der Waals surface area contributed by atoms with E-state index in [2.05, 4.69) is 46.3 Å². The van der Waals surface area contributed by atoms with E-state index in [-0.39, 0.29) is 5.97 Å². The molecule has 0 spiro atoms. The molecule has 0 aliphatic rings. The van der Waals surface area contributed by atoms with Gasteiger partial charge in [-0.25, -0.2) is 9.79 Å². The number of carbonyl (C=O) groups is 1. The van der Waals surface area contributed by atoms with Gasteiger partial charge in [-0.2, -0.15) is 0 Å². The highest BCUT2D eigenvalue weighted by Crippen LogP contribution is 2.34. The van der Waals surface area contributed by atoms with Crippen LogP contribution in [0.25, 0.3) is 0 Å². The molecular weight excluding hydrogens is 416 g/mol. The number of hydrogen-bond donors (Lipinski definition) is 0. The molecule has 0 fully saturated rings. The highest BCUT2D eigenvalue weighted by Gasteiger charge is 2.14. The van der Waals surface area contributed by atoms with Crippen LogP contribution in [0.5, 0.6) is 0 Å². The number of ether oxygens (including phenoxy) is 1. The van der Waals surface area contributed by atoms with Gasteiger partial charge in [0.25, 0.3) is 0 Å². The Labute approximate surface area is 192 Å². The Morgan fingerprint density at radius 3 is 2.03 bits per heavy atom. The van der Waals surface area contributed by atoms with Gasteiger partial charge in [-0.3, -0.25) is 0 Å². The summed E-state index contributed by atoms with van der Waals surface area (Å²) >= 11 is 1.35. The van der Waals surface area contributed by atoms with Crippen molar-refractivity contribution in [1.29, 1.82) is 0 Å². The SMILES string of the molecule is CCOC(=O)c1sc(N=Cc2ccc(N(c3ccccc3)c3ccccc3)cc2)cc1C. The first-order chi connectivity index (χ1) is 15.7. The second-order valence-corrected chi connectivity index (χ2v) is 8.20. The molecule has 0 aliphatic heterocycles. The van der Waals surface area contributed by atoms with Crippen LogP contribution in [-0.2, 0) is 4.74 Å². The fraction of sp³-hybridized carbons (Fsp3) is 0.111. The summed E-state index contributed by atoms with van der Waals surface area (Å²) in [5, 5.41) is 0.782. The minimum atomic E-state index is -0.289. The minimum absolute atomic E-state index is 0.289. The van der Waals surface area contributed by atoms with Gasteiger partial charge in [-0.15, -0.1) is 11.3 Å². The van der Waals surface area contributed by atoms with Gasteiger partial charge in [0.1, 0.15) is 9.88 Å². The monoisotopic (exact) mass is 440 g/mol. The molecule has 160 valence electrons. The Morgan fingerprint density at radius 1 is 0.906 bits per heavy atom. The van der Waals surface area contributed by atoms with E-state index < -0.39 is 0 Å². The van der Waals surface area contributed by atoms with Crippen LogP contribution in [0.3, 0.4) is 0 Å². The quantitative estimate of drug-likeness (QED) is 0.221. The second kappa shape index (κ2) is 10.1. The molecule has 0 bridgehead atoms. The maximum atomic E-state index is 12.0. The molecule has 0 N–H and O–H groups in total. The Bertz CT molecular complexity index is 1160. The first-order valence-corrected chi connectivity index (χ1v) is 11.3. The molecule has 0 atom stereocenters. The molecule has 3 aromatic carbocycles. The first-order valence-electron chi connectivity index (χ1n) is 10.5. The van der Waals surface area contributed by atoms with Crippen molar-refractivity contribution < 1.29 is 9.53 Å². The van der Waals surface area contributed by atoms with Crippen LogP contribution in [0.1, 0.15) is 27.7 Å². The Hall–Kier alpha value is -3.70. The van der Waals surface area contributed by atoms with Crippen LogP contribution in [0.15, 0.2) is 96.0 Å². The van der Waals surface area contributed by atoms with E-state index in [0.717, 1.165) is 33.2 Å². The standard InChI is InChI=1S/C27H24N2O2S/c1-3-31-27(30)26-20(2)18-25(32-26)28-19-21-14-16-24(17-15-21)29(22-10-6-4-7-11-22)23-12-8-5-9-13-23/h4-19H,3H2,1-2H3. The van der Waals surface area contributed by atoms with E-state index in [1.54, 1.807) is 6.92 Å². The van der Waals surface area contributed by atoms with Crippen LogP contribution in [-0.4, -0.2) is 18.8 Å². The Balaban J connectivity index is 1.57. The molecule has 4 nitrogen and oxygen atoms in total. The average Bonchev–Trinajstić information content (AvgIpc) is 3.21. The fourth-order valence-corrected chi connectivity index (χ4v) is 4.29. The summed E-state index contributed by atoms with van der Waals surface area (Å²) in [6.45, 7) is 4.07. The minimum Gasteiger partial charge on any atom is -0.462 e. The molecule has 4 rings (SSSR count). The predicted octanol–water partition coefficient (Wildman–Crippen LogP) is 7.45. The van der Waals surface area contributed by atoms with Crippen molar-refractivity contribution in [3.05, 3.63) is 107 Å². The topological polar surface area (TPSA) is 41.9 Å². The van der Waals surface area contributed by atoms with Gasteiger partial charge in [0, 0.05) is 23.3 Å². The summed E-state index contributed by atoms with van der Waals surface area (Å²) in [6.07, 6.45) is 1.82. The van der Waals surface area contributed by atoms with Gasteiger partial charge >= 0.3 is 5.97 Å². The molecule has 0 aliphatic carbocycles. The molecule has 1 heterocycles. The zero-order valence-electron chi connectivity index (χ0n) is 18.1. The number of hydrogen-bond acceptors (Lipinski definition) is 5. The van der Waals surface area contributed by atoms with E-state index in [1.807, 2.05) is 67.7 Å². The molecule has 0 saturated carbocycles. The van der Waals surface area contributed by atoms with Crippen molar-refractivity contribution in [3.8, 4) is 0 Å². The summed E-state index contributed by atoms with van der Waals surface area (Å²) in [7, 11) is 0. The number of thiophene rings is 1. The van der Waals surface area contributed by atoms with Crippen LogP contribution in [0, 0.1) is 6.92 Å². The zero-order valence-corrected chi connectivity index (χ0v) is 18.9. The third-order valence-corrected chi connectivity index (χ3v) is 6.01. The summed E-state index contributed by atoms with van der Waals surface area (Å²) in [5.41, 5.74) is 5.13. The van der Waals surface area contributed by atoms with Crippen LogP contribution in [0.2, 0.25) is 0 Å². The molecule has 0 amide bonds. The maximum absolute atomic E-state index is 12.0. The number of esters is 1. The lowest BCUT2D eigenvalue weighted by molar-refractivity contribution is 0.0531. The van der Waals surface area contributed by atoms with Gasteiger partial charge in [-0.1, -0.05) is 48.5 Å². The average molecular weight is 441 g/mol. The number of anilines is 3. The normalized spacial score (nSPS) is 10.9. The molecule has 0 unspecified atom stereocenters. The van der Waals surface area contributed by atoms with Crippen LogP contribution >= 0.6 is 11.3 Å². The van der Waals surface area contributed by atoms with Gasteiger partial charge in [-0.05, 0) is 67.4 Å². The third-order valence-electron chi connectivity index (χ3n) is 4.89. The lowest BCUT2D eigenvalue weighted by Gasteiger charge is -2.25.